The Labute approximate surface area is 178 Å². The first-order valence-electron chi connectivity index (χ1n) is 8.66. The summed E-state index contributed by atoms with van der Waals surface area (Å²) in [6, 6.07) is 12.4. The Balaban J connectivity index is 1.42. The van der Waals surface area contributed by atoms with E-state index in [0.717, 1.165) is 10.0 Å². The van der Waals surface area contributed by atoms with Crippen molar-refractivity contribution in [2.45, 2.75) is 0 Å². The first-order valence-corrected chi connectivity index (χ1v) is 9.46. The number of oxazole rings is 1. The molecule has 0 atom stereocenters. The molecule has 1 amide bonds. The number of nitro groups is 1. The molecular formula is C20H13BrN4O5. The minimum Gasteiger partial charge on any atom is -0.484 e. The predicted molar refractivity (Wildman–Crippen MR) is 112 cm³/mol. The van der Waals surface area contributed by atoms with Crippen LogP contribution in [0.4, 0.5) is 11.4 Å². The number of nitrogens with one attached hydrogen (secondary N) is 1. The number of nitro benzene ring substituents is 1. The number of aromatic nitrogens is 2. The molecule has 0 unspecified atom stereocenters. The van der Waals surface area contributed by atoms with Crippen molar-refractivity contribution in [3.8, 4) is 17.2 Å². The molecule has 0 fully saturated rings. The summed E-state index contributed by atoms with van der Waals surface area (Å²) in [7, 11) is 0. The summed E-state index contributed by atoms with van der Waals surface area (Å²) in [5, 5.41) is 13.4. The fourth-order valence-electron chi connectivity index (χ4n) is 2.67. The topological polar surface area (TPSA) is 120 Å². The molecular weight excluding hydrogens is 456 g/mol. The summed E-state index contributed by atoms with van der Waals surface area (Å²) < 4.78 is 11.9. The summed E-state index contributed by atoms with van der Waals surface area (Å²) in [5.41, 5.74) is 2.37. The molecule has 2 aromatic heterocycles. The van der Waals surface area contributed by atoms with Crippen molar-refractivity contribution in [1.82, 2.24) is 9.97 Å². The quantitative estimate of drug-likeness (QED) is 0.324. The number of carbonyl (C=O) groups is 1. The number of anilines is 1. The fourth-order valence-corrected chi connectivity index (χ4v) is 3.03. The Bertz CT molecular complexity index is 1240. The van der Waals surface area contributed by atoms with Crippen LogP contribution in [0.25, 0.3) is 22.6 Å². The van der Waals surface area contributed by atoms with Crippen LogP contribution in [0.3, 0.4) is 0 Å². The standard InChI is InChI=1S/C20H13BrN4O5/c21-13-7-12(9-22-10-13)20-24-17-8-14(1-6-18(17)30-20)23-19(26)11-29-16-4-2-15(3-5-16)25(27)28/h1-10H,11H2,(H,23,26). The summed E-state index contributed by atoms with van der Waals surface area (Å²) >= 11 is 3.36. The monoisotopic (exact) mass is 468 g/mol. The second kappa shape index (κ2) is 8.29. The molecule has 0 radical (unpaired) electrons. The van der Waals surface area contributed by atoms with Crippen LogP contribution in [0, 0.1) is 10.1 Å². The van der Waals surface area contributed by atoms with Gasteiger partial charge in [-0.1, -0.05) is 0 Å². The molecule has 0 saturated heterocycles. The molecule has 0 aliphatic rings. The van der Waals surface area contributed by atoms with Gasteiger partial charge < -0.3 is 14.5 Å². The van der Waals surface area contributed by atoms with Crippen molar-refractivity contribution in [2.75, 3.05) is 11.9 Å². The molecule has 1 N–H and O–H groups in total. The minimum atomic E-state index is -0.505. The van der Waals surface area contributed by atoms with Gasteiger partial charge in [-0.15, -0.1) is 0 Å². The smallest absolute Gasteiger partial charge is 0.269 e. The van der Waals surface area contributed by atoms with Crippen LogP contribution in [-0.4, -0.2) is 27.4 Å². The molecule has 2 heterocycles. The fraction of sp³-hybridized carbons (Fsp3) is 0.0500. The van der Waals surface area contributed by atoms with Gasteiger partial charge in [-0.2, -0.15) is 0 Å². The highest BCUT2D eigenvalue weighted by molar-refractivity contribution is 9.10. The van der Waals surface area contributed by atoms with Gasteiger partial charge in [-0.05, 0) is 52.3 Å². The number of halogens is 1. The third kappa shape index (κ3) is 4.44. The maximum absolute atomic E-state index is 12.2. The molecule has 0 saturated carbocycles. The van der Waals surface area contributed by atoms with E-state index in [0.29, 0.717) is 28.4 Å². The minimum absolute atomic E-state index is 0.0503. The van der Waals surface area contributed by atoms with Crippen molar-refractivity contribution in [2.24, 2.45) is 0 Å². The normalized spacial score (nSPS) is 10.7. The zero-order valence-electron chi connectivity index (χ0n) is 15.2. The van der Waals surface area contributed by atoms with E-state index >= 15 is 0 Å². The molecule has 9 nitrogen and oxygen atoms in total. The number of rotatable bonds is 6. The van der Waals surface area contributed by atoms with E-state index in [1.165, 1.54) is 24.3 Å². The lowest BCUT2D eigenvalue weighted by Gasteiger charge is -2.07. The van der Waals surface area contributed by atoms with Gasteiger partial charge in [0, 0.05) is 34.7 Å². The van der Waals surface area contributed by atoms with E-state index in [1.807, 2.05) is 6.07 Å². The van der Waals surface area contributed by atoms with Crippen LogP contribution in [0.1, 0.15) is 0 Å². The Morgan fingerprint density at radius 3 is 2.70 bits per heavy atom. The number of hydrogen-bond acceptors (Lipinski definition) is 7. The third-order valence-corrected chi connectivity index (χ3v) is 4.47. The summed E-state index contributed by atoms with van der Waals surface area (Å²) in [6.45, 7) is -0.246. The average Bonchev–Trinajstić information content (AvgIpc) is 3.16. The summed E-state index contributed by atoms with van der Waals surface area (Å²) in [6.07, 6.45) is 3.31. The van der Waals surface area contributed by atoms with Crippen molar-refractivity contribution >= 4 is 44.3 Å². The molecule has 0 spiro atoms. The van der Waals surface area contributed by atoms with E-state index < -0.39 is 4.92 Å². The highest BCUT2D eigenvalue weighted by Crippen LogP contribution is 2.27. The van der Waals surface area contributed by atoms with E-state index in [9.17, 15) is 14.9 Å². The Kier molecular flexibility index (Phi) is 5.40. The van der Waals surface area contributed by atoms with Gasteiger partial charge >= 0.3 is 0 Å². The number of hydrogen-bond donors (Lipinski definition) is 1. The number of amides is 1. The van der Waals surface area contributed by atoms with Crippen LogP contribution >= 0.6 is 15.9 Å². The third-order valence-electron chi connectivity index (χ3n) is 4.04. The van der Waals surface area contributed by atoms with Crippen molar-refractivity contribution in [3.05, 3.63) is 75.5 Å². The van der Waals surface area contributed by atoms with Gasteiger partial charge in [0.05, 0.1) is 10.5 Å². The van der Waals surface area contributed by atoms with Crippen molar-refractivity contribution in [1.29, 1.82) is 0 Å². The van der Waals surface area contributed by atoms with E-state index in [1.54, 1.807) is 30.6 Å². The maximum Gasteiger partial charge on any atom is 0.269 e. The van der Waals surface area contributed by atoms with Crippen LogP contribution in [-0.2, 0) is 4.79 Å². The Morgan fingerprint density at radius 2 is 1.97 bits per heavy atom. The van der Waals surface area contributed by atoms with E-state index in [4.69, 9.17) is 9.15 Å². The second-order valence-electron chi connectivity index (χ2n) is 6.18. The van der Waals surface area contributed by atoms with Gasteiger partial charge in [0.15, 0.2) is 12.2 Å². The molecule has 4 aromatic rings. The first-order chi connectivity index (χ1) is 14.5. The lowest BCUT2D eigenvalue weighted by molar-refractivity contribution is -0.384. The van der Waals surface area contributed by atoms with Crippen LogP contribution in [0.5, 0.6) is 5.75 Å². The Hall–Kier alpha value is -3.79. The summed E-state index contributed by atoms with van der Waals surface area (Å²) in [4.78, 5) is 30.8. The van der Waals surface area contributed by atoms with Crippen LogP contribution in [0.15, 0.2) is 69.8 Å². The van der Waals surface area contributed by atoms with E-state index in [-0.39, 0.29) is 18.2 Å². The highest BCUT2D eigenvalue weighted by Gasteiger charge is 2.11. The number of pyridine rings is 1. The molecule has 150 valence electrons. The Morgan fingerprint density at radius 1 is 1.17 bits per heavy atom. The zero-order chi connectivity index (χ0) is 21.1. The van der Waals surface area contributed by atoms with Gasteiger partial charge in [0.25, 0.3) is 11.6 Å². The van der Waals surface area contributed by atoms with Gasteiger partial charge in [0.2, 0.25) is 5.89 Å². The molecule has 10 heteroatoms. The average molecular weight is 469 g/mol. The molecule has 30 heavy (non-hydrogen) atoms. The maximum atomic E-state index is 12.2. The lowest BCUT2D eigenvalue weighted by atomic mass is 10.3. The molecule has 0 aliphatic heterocycles. The highest BCUT2D eigenvalue weighted by atomic mass is 79.9. The van der Waals surface area contributed by atoms with Crippen LogP contribution < -0.4 is 10.1 Å². The number of benzene rings is 2. The molecule has 0 bridgehead atoms. The summed E-state index contributed by atoms with van der Waals surface area (Å²) in [5.74, 6) is 0.395. The van der Waals surface area contributed by atoms with Gasteiger partial charge in [-0.25, -0.2) is 4.98 Å². The van der Waals surface area contributed by atoms with Crippen LogP contribution in [0.2, 0.25) is 0 Å². The number of fused-ring (bicyclic) bond motifs is 1. The molecule has 4 rings (SSSR count). The van der Waals surface area contributed by atoms with E-state index in [2.05, 4.69) is 31.2 Å². The first kappa shape index (κ1) is 19.5. The zero-order valence-corrected chi connectivity index (χ0v) is 16.8. The molecule has 2 aromatic carbocycles. The van der Waals surface area contributed by atoms with Gasteiger partial charge in [-0.3, -0.25) is 19.9 Å². The SMILES string of the molecule is O=C(COc1ccc([N+](=O)[O-])cc1)Nc1ccc2oc(-c3cncc(Br)c3)nc2c1. The van der Waals surface area contributed by atoms with Crippen molar-refractivity contribution in [3.63, 3.8) is 0 Å². The molecule has 0 aliphatic carbocycles. The van der Waals surface area contributed by atoms with Crippen molar-refractivity contribution < 1.29 is 18.9 Å². The number of ether oxygens (including phenoxy) is 1. The number of non-ortho nitro benzene ring substituents is 1. The lowest BCUT2D eigenvalue weighted by Crippen LogP contribution is -2.20. The van der Waals surface area contributed by atoms with Gasteiger partial charge in [0.1, 0.15) is 11.3 Å². The second-order valence-corrected chi connectivity index (χ2v) is 7.10. The number of carbonyl (C=O) groups excluding carboxylic acids is 1. The predicted octanol–water partition coefficient (Wildman–Crippen LogP) is 4.58. The largest absolute Gasteiger partial charge is 0.484 e. The number of nitrogens with zero attached hydrogens (tertiary/aromatic N) is 3.